The van der Waals surface area contributed by atoms with Crippen LogP contribution in [-0.2, 0) is 15.6 Å². The van der Waals surface area contributed by atoms with Crippen LogP contribution in [0.15, 0.2) is 0 Å². The Morgan fingerprint density at radius 3 is 2.72 bits per heavy atom. The number of rotatable bonds is 7. The number of hydrogen-bond donors (Lipinski definition) is 2. The molecule has 2 saturated carbocycles. The summed E-state index contributed by atoms with van der Waals surface area (Å²) in [6.07, 6.45) is 6.89. The summed E-state index contributed by atoms with van der Waals surface area (Å²) in [6.45, 7) is 0. The van der Waals surface area contributed by atoms with Crippen LogP contribution in [0, 0.1) is 5.92 Å². The van der Waals surface area contributed by atoms with Crippen LogP contribution in [-0.4, -0.2) is 40.8 Å². The standard InChI is InChI=1S/C13H24N2O2S/c1-14-12-4-2-3-10(12)7-8-18(17)9-13(16)15-11-5-6-11/h10-12,14H,2-9H2,1H3,(H,15,16). The fourth-order valence-corrected chi connectivity index (χ4v) is 3.85. The summed E-state index contributed by atoms with van der Waals surface area (Å²) in [5, 5.41) is 6.22. The van der Waals surface area contributed by atoms with Crippen molar-refractivity contribution in [2.75, 3.05) is 18.6 Å². The Bertz CT molecular complexity index is 318. The molecule has 2 rings (SSSR count). The van der Waals surface area contributed by atoms with Gasteiger partial charge in [-0.2, -0.15) is 0 Å². The first-order valence-corrected chi connectivity index (χ1v) is 8.49. The van der Waals surface area contributed by atoms with E-state index in [9.17, 15) is 9.00 Å². The van der Waals surface area contributed by atoms with E-state index in [-0.39, 0.29) is 11.7 Å². The average Bonchev–Trinajstić information content (AvgIpc) is 3.02. The van der Waals surface area contributed by atoms with Gasteiger partial charge >= 0.3 is 0 Å². The van der Waals surface area contributed by atoms with Crippen LogP contribution in [0.3, 0.4) is 0 Å². The average molecular weight is 272 g/mol. The molecule has 0 aromatic heterocycles. The van der Waals surface area contributed by atoms with Crippen molar-refractivity contribution in [2.24, 2.45) is 5.92 Å². The quantitative estimate of drug-likeness (QED) is 0.720. The van der Waals surface area contributed by atoms with E-state index in [1.54, 1.807) is 0 Å². The maximum absolute atomic E-state index is 11.8. The lowest BCUT2D eigenvalue weighted by Gasteiger charge is -2.18. The van der Waals surface area contributed by atoms with Crippen molar-refractivity contribution < 1.29 is 9.00 Å². The number of carbonyl (C=O) groups is 1. The van der Waals surface area contributed by atoms with Crippen LogP contribution in [0.5, 0.6) is 0 Å². The van der Waals surface area contributed by atoms with Gasteiger partial charge in [0.2, 0.25) is 5.91 Å². The van der Waals surface area contributed by atoms with Gasteiger partial charge in [-0.3, -0.25) is 9.00 Å². The van der Waals surface area contributed by atoms with Crippen LogP contribution < -0.4 is 10.6 Å². The maximum atomic E-state index is 11.8. The first kappa shape index (κ1) is 14.0. The fraction of sp³-hybridized carbons (Fsp3) is 0.923. The first-order chi connectivity index (χ1) is 8.69. The summed E-state index contributed by atoms with van der Waals surface area (Å²) in [5.74, 6) is 1.46. The Balaban J connectivity index is 1.62. The summed E-state index contributed by atoms with van der Waals surface area (Å²) in [7, 11) is 1.01. The molecule has 2 N–H and O–H groups in total. The molecule has 104 valence electrons. The summed E-state index contributed by atoms with van der Waals surface area (Å²) < 4.78 is 11.8. The van der Waals surface area contributed by atoms with Crippen LogP contribution in [0.4, 0.5) is 0 Å². The summed E-state index contributed by atoms with van der Waals surface area (Å²) in [5.41, 5.74) is 0. The molecule has 2 aliphatic rings. The molecular weight excluding hydrogens is 248 g/mol. The topological polar surface area (TPSA) is 58.2 Å². The molecule has 18 heavy (non-hydrogen) atoms. The molecule has 2 aliphatic carbocycles. The van der Waals surface area contributed by atoms with Crippen LogP contribution in [0.25, 0.3) is 0 Å². The third-order valence-electron chi connectivity index (χ3n) is 3.98. The number of hydrogen-bond acceptors (Lipinski definition) is 3. The molecule has 2 fully saturated rings. The second kappa shape index (κ2) is 6.66. The highest BCUT2D eigenvalue weighted by molar-refractivity contribution is 7.85. The Morgan fingerprint density at radius 2 is 2.06 bits per heavy atom. The molecule has 4 nitrogen and oxygen atoms in total. The second-order valence-corrected chi connectivity index (χ2v) is 7.08. The predicted octanol–water partition coefficient (Wildman–Crippen LogP) is 0.792. The smallest absolute Gasteiger partial charge is 0.232 e. The molecule has 5 heteroatoms. The molecule has 0 aliphatic heterocycles. The van der Waals surface area contributed by atoms with Crippen LogP contribution >= 0.6 is 0 Å². The first-order valence-electron chi connectivity index (χ1n) is 7.00. The van der Waals surface area contributed by atoms with Crippen molar-refractivity contribution in [3.63, 3.8) is 0 Å². The molecule has 0 saturated heterocycles. The van der Waals surface area contributed by atoms with Gasteiger partial charge in [-0.05, 0) is 45.1 Å². The minimum Gasteiger partial charge on any atom is -0.353 e. The molecule has 0 heterocycles. The monoisotopic (exact) mass is 272 g/mol. The highest BCUT2D eigenvalue weighted by Crippen LogP contribution is 2.28. The largest absolute Gasteiger partial charge is 0.353 e. The summed E-state index contributed by atoms with van der Waals surface area (Å²) in [6, 6.07) is 0.959. The molecule has 3 unspecified atom stereocenters. The second-order valence-electron chi connectivity index (χ2n) is 5.50. The van der Waals surface area contributed by atoms with Gasteiger partial charge in [0, 0.05) is 28.6 Å². The lowest BCUT2D eigenvalue weighted by Crippen LogP contribution is -2.32. The van der Waals surface area contributed by atoms with Crippen molar-refractivity contribution in [1.29, 1.82) is 0 Å². The Labute approximate surface area is 112 Å². The van der Waals surface area contributed by atoms with E-state index in [0.717, 1.165) is 19.3 Å². The van der Waals surface area contributed by atoms with Gasteiger partial charge in [0.15, 0.2) is 0 Å². The van der Waals surface area contributed by atoms with Gasteiger partial charge in [0.05, 0.1) is 0 Å². The van der Waals surface area contributed by atoms with Gasteiger partial charge in [0.1, 0.15) is 5.75 Å². The van der Waals surface area contributed by atoms with Crippen molar-refractivity contribution in [1.82, 2.24) is 10.6 Å². The van der Waals surface area contributed by atoms with Gasteiger partial charge in [-0.25, -0.2) is 0 Å². The predicted molar refractivity (Wildman–Crippen MR) is 73.8 cm³/mol. The third kappa shape index (κ3) is 4.35. The van der Waals surface area contributed by atoms with E-state index in [2.05, 4.69) is 10.6 Å². The Kier molecular flexibility index (Phi) is 5.18. The van der Waals surface area contributed by atoms with E-state index in [4.69, 9.17) is 0 Å². The van der Waals surface area contributed by atoms with E-state index >= 15 is 0 Å². The number of amides is 1. The van der Waals surface area contributed by atoms with Crippen LogP contribution in [0.2, 0.25) is 0 Å². The lowest BCUT2D eigenvalue weighted by molar-refractivity contribution is -0.118. The van der Waals surface area contributed by atoms with E-state index in [0.29, 0.717) is 23.8 Å². The zero-order chi connectivity index (χ0) is 13.0. The van der Waals surface area contributed by atoms with E-state index < -0.39 is 10.8 Å². The molecule has 0 bridgehead atoms. The molecular formula is C13H24N2O2S. The Hall–Kier alpha value is -0.420. The molecule has 0 aromatic rings. The van der Waals surface area contributed by atoms with Crippen LogP contribution in [0.1, 0.15) is 38.5 Å². The fourth-order valence-electron chi connectivity index (χ4n) is 2.76. The van der Waals surface area contributed by atoms with Crippen molar-refractivity contribution in [3.8, 4) is 0 Å². The lowest BCUT2D eigenvalue weighted by atomic mass is 10.0. The summed E-state index contributed by atoms with van der Waals surface area (Å²) >= 11 is 0. The minimum absolute atomic E-state index is 0.0348. The van der Waals surface area contributed by atoms with E-state index in [1.807, 2.05) is 7.05 Å². The molecule has 1 amide bonds. The van der Waals surface area contributed by atoms with Crippen molar-refractivity contribution in [2.45, 2.75) is 50.6 Å². The van der Waals surface area contributed by atoms with Gasteiger partial charge in [-0.15, -0.1) is 0 Å². The highest BCUT2D eigenvalue weighted by atomic mass is 32.2. The van der Waals surface area contributed by atoms with Gasteiger partial charge in [-0.1, -0.05) is 6.42 Å². The third-order valence-corrected chi connectivity index (χ3v) is 5.26. The molecule has 0 spiro atoms. The minimum atomic E-state index is -0.992. The van der Waals surface area contributed by atoms with Crippen molar-refractivity contribution >= 4 is 16.7 Å². The zero-order valence-electron chi connectivity index (χ0n) is 11.1. The van der Waals surface area contributed by atoms with Crippen molar-refractivity contribution in [3.05, 3.63) is 0 Å². The summed E-state index contributed by atoms with van der Waals surface area (Å²) in [4.78, 5) is 11.5. The normalized spacial score (nSPS) is 29.2. The molecule has 3 atom stereocenters. The maximum Gasteiger partial charge on any atom is 0.232 e. The van der Waals surface area contributed by atoms with E-state index in [1.165, 1.54) is 19.3 Å². The number of nitrogens with one attached hydrogen (secondary N) is 2. The van der Waals surface area contributed by atoms with Gasteiger partial charge in [0.25, 0.3) is 0 Å². The molecule has 0 aromatic carbocycles. The zero-order valence-corrected chi connectivity index (χ0v) is 11.9. The Morgan fingerprint density at radius 1 is 1.28 bits per heavy atom. The molecule has 0 radical (unpaired) electrons. The number of carbonyl (C=O) groups excluding carboxylic acids is 1. The SMILES string of the molecule is CNC1CCCC1CCS(=O)CC(=O)NC1CC1. The van der Waals surface area contributed by atoms with Gasteiger partial charge < -0.3 is 10.6 Å². The highest BCUT2D eigenvalue weighted by Gasteiger charge is 2.27.